The van der Waals surface area contributed by atoms with Gasteiger partial charge in [-0.25, -0.2) is 9.37 Å². The lowest BCUT2D eigenvalue weighted by Crippen LogP contribution is -2.07. The first-order valence-electron chi connectivity index (χ1n) is 5.65. The van der Waals surface area contributed by atoms with Crippen LogP contribution in [0.25, 0.3) is 0 Å². The molecule has 0 aromatic carbocycles. The highest BCUT2D eigenvalue weighted by molar-refractivity contribution is 5.33. The van der Waals surface area contributed by atoms with Crippen LogP contribution in [0.2, 0.25) is 0 Å². The molecule has 0 aliphatic carbocycles. The first-order valence-corrected chi connectivity index (χ1v) is 5.65. The minimum atomic E-state index is -0.309. The summed E-state index contributed by atoms with van der Waals surface area (Å²) in [7, 11) is 0. The van der Waals surface area contributed by atoms with Crippen molar-refractivity contribution in [1.29, 1.82) is 0 Å². The molecule has 0 saturated heterocycles. The maximum absolute atomic E-state index is 12.5. The minimum absolute atomic E-state index is 0.298. The summed E-state index contributed by atoms with van der Waals surface area (Å²) in [4.78, 5) is 3.91. The number of halogens is 1. The van der Waals surface area contributed by atoms with E-state index in [-0.39, 0.29) is 5.82 Å². The number of pyridine rings is 1. The molecule has 0 aliphatic rings. The van der Waals surface area contributed by atoms with Crippen LogP contribution in [-0.2, 0) is 4.74 Å². The Kier molecular flexibility index (Phi) is 5.78. The molecule has 1 rings (SSSR count). The summed E-state index contributed by atoms with van der Waals surface area (Å²) in [5.74, 6) is 0.405. The van der Waals surface area contributed by atoms with Crippen molar-refractivity contribution in [3.63, 3.8) is 0 Å². The van der Waals surface area contributed by atoms with Gasteiger partial charge in [0.15, 0.2) is 0 Å². The van der Waals surface area contributed by atoms with Crippen molar-refractivity contribution in [3.05, 3.63) is 24.1 Å². The highest BCUT2D eigenvalue weighted by atomic mass is 19.1. The van der Waals surface area contributed by atoms with Crippen molar-refractivity contribution in [2.24, 2.45) is 0 Å². The van der Waals surface area contributed by atoms with E-state index in [9.17, 15) is 4.39 Å². The van der Waals surface area contributed by atoms with Gasteiger partial charge in [0, 0.05) is 13.2 Å². The van der Waals surface area contributed by atoms with Gasteiger partial charge >= 0.3 is 0 Å². The lowest BCUT2D eigenvalue weighted by molar-refractivity contribution is 0.0765. The van der Waals surface area contributed by atoms with Gasteiger partial charge in [0.2, 0.25) is 0 Å². The number of rotatable bonds is 7. The summed E-state index contributed by atoms with van der Waals surface area (Å²) in [6.07, 6.45) is 3.55. The average Bonchev–Trinajstić information content (AvgIpc) is 2.25. The quantitative estimate of drug-likeness (QED) is 0.726. The van der Waals surface area contributed by atoms with Crippen molar-refractivity contribution in [2.45, 2.75) is 32.8 Å². The van der Waals surface area contributed by atoms with Crippen molar-refractivity contribution in [2.75, 3.05) is 18.5 Å². The fourth-order valence-corrected chi connectivity index (χ4v) is 1.24. The van der Waals surface area contributed by atoms with Crippen molar-refractivity contribution in [3.8, 4) is 0 Å². The zero-order valence-electron chi connectivity index (χ0n) is 9.87. The maximum atomic E-state index is 12.5. The van der Waals surface area contributed by atoms with E-state index in [0.717, 1.165) is 26.0 Å². The van der Waals surface area contributed by atoms with Crippen LogP contribution in [0.4, 0.5) is 10.2 Å². The van der Waals surface area contributed by atoms with E-state index in [4.69, 9.17) is 4.74 Å². The lowest BCUT2D eigenvalue weighted by Gasteiger charge is -2.08. The molecule has 1 aromatic heterocycles. The van der Waals surface area contributed by atoms with Gasteiger partial charge in [-0.05, 0) is 38.8 Å². The van der Waals surface area contributed by atoms with Gasteiger partial charge in [-0.1, -0.05) is 0 Å². The smallest absolute Gasteiger partial charge is 0.141 e. The fraction of sp³-hybridized carbons (Fsp3) is 0.583. The first kappa shape index (κ1) is 12.9. The molecule has 0 radical (unpaired) electrons. The van der Waals surface area contributed by atoms with E-state index in [1.54, 1.807) is 6.07 Å². The molecular formula is C12H19FN2O. The third kappa shape index (κ3) is 5.66. The summed E-state index contributed by atoms with van der Waals surface area (Å²) < 4.78 is 18.0. The normalized spacial score (nSPS) is 10.8. The zero-order valence-corrected chi connectivity index (χ0v) is 9.87. The number of aromatic nitrogens is 1. The second kappa shape index (κ2) is 7.17. The Morgan fingerprint density at radius 2 is 2.19 bits per heavy atom. The summed E-state index contributed by atoms with van der Waals surface area (Å²) in [5, 5.41) is 3.13. The zero-order chi connectivity index (χ0) is 11.8. The van der Waals surface area contributed by atoms with Crippen LogP contribution in [0, 0.1) is 5.82 Å². The first-order chi connectivity index (χ1) is 7.68. The van der Waals surface area contributed by atoms with Crippen molar-refractivity contribution in [1.82, 2.24) is 4.98 Å². The summed E-state index contributed by atoms with van der Waals surface area (Å²) in [6, 6.07) is 3.04. The highest BCUT2D eigenvalue weighted by Crippen LogP contribution is 2.03. The second-order valence-electron chi connectivity index (χ2n) is 3.92. The molecule has 0 spiro atoms. The third-order valence-electron chi connectivity index (χ3n) is 2.06. The predicted molar refractivity (Wildman–Crippen MR) is 63.0 cm³/mol. The van der Waals surface area contributed by atoms with Crippen LogP contribution in [0.3, 0.4) is 0 Å². The summed E-state index contributed by atoms with van der Waals surface area (Å²) >= 11 is 0. The molecule has 4 heteroatoms. The number of anilines is 1. The number of hydrogen-bond acceptors (Lipinski definition) is 3. The minimum Gasteiger partial charge on any atom is -0.379 e. The summed E-state index contributed by atoms with van der Waals surface area (Å²) in [6.45, 7) is 5.68. The number of nitrogens with one attached hydrogen (secondary N) is 1. The Morgan fingerprint density at radius 1 is 1.38 bits per heavy atom. The molecule has 0 fully saturated rings. The third-order valence-corrected chi connectivity index (χ3v) is 2.06. The Labute approximate surface area is 96.0 Å². The Morgan fingerprint density at radius 3 is 2.81 bits per heavy atom. The molecule has 0 aliphatic heterocycles. The highest BCUT2D eigenvalue weighted by Gasteiger charge is 1.95. The monoisotopic (exact) mass is 226 g/mol. The van der Waals surface area contributed by atoms with Gasteiger partial charge in [0.1, 0.15) is 11.6 Å². The molecule has 0 atom stereocenters. The van der Waals surface area contributed by atoms with E-state index < -0.39 is 0 Å². The van der Waals surface area contributed by atoms with Gasteiger partial charge in [-0.3, -0.25) is 0 Å². The fourth-order valence-electron chi connectivity index (χ4n) is 1.24. The molecular weight excluding hydrogens is 207 g/mol. The molecule has 90 valence electrons. The molecule has 16 heavy (non-hydrogen) atoms. The maximum Gasteiger partial charge on any atom is 0.141 e. The van der Waals surface area contributed by atoms with Crippen LogP contribution in [0.1, 0.15) is 26.7 Å². The second-order valence-corrected chi connectivity index (χ2v) is 3.92. The van der Waals surface area contributed by atoms with E-state index in [1.807, 2.05) is 13.8 Å². The molecule has 0 unspecified atom stereocenters. The number of hydrogen-bond donors (Lipinski definition) is 1. The van der Waals surface area contributed by atoms with Crippen LogP contribution in [-0.4, -0.2) is 24.2 Å². The Hall–Kier alpha value is -1.16. The molecule has 1 heterocycles. The molecule has 3 nitrogen and oxygen atoms in total. The number of ether oxygens (including phenoxy) is 1. The van der Waals surface area contributed by atoms with Crippen molar-refractivity contribution < 1.29 is 9.13 Å². The SMILES string of the molecule is CC(C)OCCCCNc1ccc(F)cn1. The van der Waals surface area contributed by atoms with Gasteiger partial charge in [-0.2, -0.15) is 0 Å². The largest absolute Gasteiger partial charge is 0.379 e. The molecule has 0 bridgehead atoms. The lowest BCUT2D eigenvalue weighted by atomic mass is 10.3. The average molecular weight is 226 g/mol. The van der Waals surface area contributed by atoms with E-state index in [1.165, 1.54) is 12.3 Å². The molecule has 1 N–H and O–H groups in total. The van der Waals surface area contributed by atoms with Gasteiger partial charge in [0.25, 0.3) is 0 Å². The van der Waals surface area contributed by atoms with E-state index >= 15 is 0 Å². The van der Waals surface area contributed by atoms with Crippen LogP contribution < -0.4 is 5.32 Å². The Balaban J connectivity index is 2.05. The van der Waals surface area contributed by atoms with Gasteiger partial charge in [0.05, 0.1) is 12.3 Å². The predicted octanol–water partition coefficient (Wildman–Crippen LogP) is 2.84. The topological polar surface area (TPSA) is 34.1 Å². The molecule has 1 aromatic rings. The van der Waals surface area contributed by atoms with E-state index in [0.29, 0.717) is 11.9 Å². The summed E-state index contributed by atoms with van der Waals surface area (Å²) in [5.41, 5.74) is 0. The molecule has 0 amide bonds. The van der Waals surface area contributed by atoms with Crippen LogP contribution in [0.5, 0.6) is 0 Å². The standard InChI is InChI=1S/C12H19FN2O/c1-10(2)16-8-4-3-7-14-12-6-5-11(13)9-15-12/h5-6,9-10H,3-4,7-8H2,1-2H3,(H,14,15). The number of nitrogens with zero attached hydrogens (tertiary/aromatic N) is 1. The van der Waals surface area contributed by atoms with Crippen molar-refractivity contribution >= 4 is 5.82 Å². The molecule has 0 saturated carbocycles. The number of unbranched alkanes of at least 4 members (excludes halogenated alkanes) is 1. The van der Waals surface area contributed by atoms with E-state index in [2.05, 4.69) is 10.3 Å². The van der Waals surface area contributed by atoms with Gasteiger partial charge < -0.3 is 10.1 Å². The van der Waals surface area contributed by atoms with Crippen LogP contribution in [0.15, 0.2) is 18.3 Å². The van der Waals surface area contributed by atoms with Crippen LogP contribution >= 0.6 is 0 Å². The Bertz CT molecular complexity index is 288. The van der Waals surface area contributed by atoms with Gasteiger partial charge in [-0.15, -0.1) is 0 Å².